The third-order valence-corrected chi connectivity index (χ3v) is 5.49. The van der Waals surface area contributed by atoms with Crippen LogP contribution in [0.3, 0.4) is 0 Å². The highest BCUT2D eigenvalue weighted by Gasteiger charge is 2.23. The molecule has 0 unspecified atom stereocenters. The maximum Gasteiger partial charge on any atom is 0.265 e. The first-order valence-corrected chi connectivity index (χ1v) is 9.10. The Bertz CT molecular complexity index is 1120. The van der Waals surface area contributed by atoms with Gasteiger partial charge >= 0.3 is 0 Å². The molecule has 0 fully saturated rings. The van der Waals surface area contributed by atoms with Crippen LogP contribution < -0.4 is 0 Å². The van der Waals surface area contributed by atoms with Gasteiger partial charge in [-0.15, -0.1) is 11.3 Å². The van der Waals surface area contributed by atoms with Crippen LogP contribution in [0.1, 0.15) is 26.6 Å². The van der Waals surface area contributed by atoms with E-state index in [0.29, 0.717) is 6.42 Å². The van der Waals surface area contributed by atoms with Gasteiger partial charge in [-0.25, -0.2) is 9.37 Å². The first kappa shape index (κ1) is 17.2. The van der Waals surface area contributed by atoms with Gasteiger partial charge in [-0.3, -0.25) is 14.7 Å². The molecule has 2 heterocycles. The number of carbonyl (C=O) groups is 2. The summed E-state index contributed by atoms with van der Waals surface area (Å²) in [5.41, 5.74) is 1.77. The predicted molar refractivity (Wildman–Crippen MR) is 100 cm³/mol. The number of benzene rings is 2. The Hall–Kier alpha value is -3.19. The van der Waals surface area contributed by atoms with Crippen molar-refractivity contribution in [3.05, 3.63) is 82.5 Å². The second-order valence-corrected chi connectivity index (χ2v) is 7.20. The van der Waals surface area contributed by atoms with Crippen molar-refractivity contribution < 1.29 is 14.0 Å². The molecular weight excluding hydrogens is 365 g/mol. The molecule has 7 heteroatoms. The number of ketones is 2. The first-order chi connectivity index (χ1) is 13.1. The minimum absolute atomic E-state index is 0.0138. The van der Waals surface area contributed by atoms with Crippen LogP contribution in [0.5, 0.6) is 0 Å². The molecule has 2 aromatic carbocycles. The number of halogens is 1. The fraction of sp³-hybridized carbons (Fsp3) is 0.100. The second kappa shape index (κ2) is 7.20. The van der Waals surface area contributed by atoms with Gasteiger partial charge < -0.3 is 0 Å². The van der Waals surface area contributed by atoms with Crippen molar-refractivity contribution in [3.8, 4) is 0 Å². The molecule has 0 saturated carbocycles. The van der Waals surface area contributed by atoms with E-state index in [2.05, 4.69) is 15.2 Å². The number of rotatable bonds is 6. The largest absolute Gasteiger partial charge is 0.290 e. The molecule has 4 aromatic rings. The van der Waals surface area contributed by atoms with Crippen LogP contribution >= 0.6 is 11.3 Å². The lowest BCUT2D eigenvalue weighted by molar-refractivity contribution is -0.114. The smallest absolute Gasteiger partial charge is 0.265 e. The van der Waals surface area contributed by atoms with Crippen LogP contribution in [-0.2, 0) is 17.6 Å². The van der Waals surface area contributed by atoms with Gasteiger partial charge in [0.05, 0.1) is 0 Å². The van der Waals surface area contributed by atoms with E-state index in [1.165, 1.54) is 18.5 Å². The molecular formula is C20H14FN3O2S. The lowest BCUT2D eigenvalue weighted by atomic mass is 9.99. The summed E-state index contributed by atoms with van der Waals surface area (Å²) < 4.78 is 14.2. The molecule has 5 nitrogen and oxygen atoms in total. The zero-order valence-electron chi connectivity index (χ0n) is 14.1. The lowest BCUT2D eigenvalue weighted by Crippen LogP contribution is -2.18. The van der Waals surface area contributed by atoms with E-state index >= 15 is 0 Å². The molecule has 27 heavy (non-hydrogen) atoms. The van der Waals surface area contributed by atoms with Crippen LogP contribution in [-0.4, -0.2) is 26.7 Å². The summed E-state index contributed by atoms with van der Waals surface area (Å²) in [4.78, 5) is 29.5. The van der Waals surface area contributed by atoms with Crippen LogP contribution in [0.25, 0.3) is 10.1 Å². The summed E-state index contributed by atoms with van der Waals surface area (Å²) in [6.45, 7) is 0. The highest BCUT2D eigenvalue weighted by atomic mass is 32.1. The van der Waals surface area contributed by atoms with E-state index in [1.54, 1.807) is 23.5 Å². The monoisotopic (exact) mass is 379 g/mol. The molecule has 0 atom stereocenters. The van der Waals surface area contributed by atoms with E-state index in [9.17, 15) is 14.0 Å². The standard InChI is InChI=1S/C20H14FN3O2S/c21-13-7-5-12(6-8-13)9-18-15(14-3-1-2-4-17(14)27-18)10-16(25)19(26)20-22-11-23-24-20/h1-8,11H,9-10H2,(H,22,23,24). The third-order valence-electron chi connectivity index (χ3n) is 4.28. The Labute approximate surface area is 157 Å². The Morgan fingerprint density at radius 1 is 1.07 bits per heavy atom. The summed E-state index contributed by atoms with van der Waals surface area (Å²) in [6.07, 6.45) is 1.75. The maximum absolute atomic E-state index is 13.2. The number of carbonyl (C=O) groups excluding carboxylic acids is 2. The summed E-state index contributed by atoms with van der Waals surface area (Å²) >= 11 is 1.58. The highest BCUT2D eigenvalue weighted by Crippen LogP contribution is 2.33. The summed E-state index contributed by atoms with van der Waals surface area (Å²) in [5.74, 6) is -1.58. The summed E-state index contributed by atoms with van der Waals surface area (Å²) in [5, 5.41) is 7.00. The second-order valence-electron chi connectivity index (χ2n) is 6.07. The first-order valence-electron chi connectivity index (χ1n) is 8.28. The molecule has 0 aliphatic rings. The average Bonchev–Trinajstić information content (AvgIpc) is 3.32. The zero-order chi connectivity index (χ0) is 18.8. The quantitative estimate of drug-likeness (QED) is 0.409. The Balaban J connectivity index is 1.68. The molecule has 0 aliphatic heterocycles. The number of H-pyrrole nitrogens is 1. The van der Waals surface area contributed by atoms with E-state index < -0.39 is 11.6 Å². The SMILES string of the molecule is O=C(Cc1c(Cc2ccc(F)cc2)sc2ccccc12)C(=O)c1ncn[nH]1. The Morgan fingerprint density at radius 2 is 1.85 bits per heavy atom. The fourth-order valence-corrected chi connectivity index (χ4v) is 4.22. The molecule has 0 amide bonds. The minimum atomic E-state index is -0.685. The van der Waals surface area contributed by atoms with Gasteiger partial charge in [0.2, 0.25) is 5.78 Å². The van der Waals surface area contributed by atoms with Gasteiger partial charge in [-0.1, -0.05) is 30.3 Å². The van der Waals surface area contributed by atoms with Crippen molar-refractivity contribution in [2.45, 2.75) is 12.8 Å². The van der Waals surface area contributed by atoms with Gasteiger partial charge in [0.25, 0.3) is 5.78 Å². The average molecular weight is 379 g/mol. The highest BCUT2D eigenvalue weighted by molar-refractivity contribution is 7.19. The maximum atomic E-state index is 13.2. The topological polar surface area (TPSA) is 75.7 Å². The van der Waals surface area contributed by atoms with Crippen molar-refractivity contribution >= 4 is 33.0 Å². The number of nitrogens with one attached hydrogen (secondary N) is 1. The van der Waals surface area contributed by atoms with Crippen LogP contribution in [0.15, 0.2) is 54.9 Å². The van der Waals surface area contributed by atoms with Gasteiger partial charge in [-0.05, 0) is 34.7 Å². The number of aromatic nitrogens is 3. The molecule has 0 aliphatic carbocycles. The van der Waals surface area contributed by atoms with Crippen molar-refractivity contribution in [2.24, 2.45) is 0 Å². The van der Waals surface area contributed by atoms with E-state index in [1.807, 2.05) is 24.3 Å². The van der Waals surface area contributed by atoms with Gasteiger partial charge in [0.1, 0.15) is 12.1 Å². The summed E-state index contributed by atoms with van der Waals surface area (Å²) in [7, 11) is 0. The van der Waals surface area contributed by atoms with E-state index in [4.69, 9.17) is 0 Å². The molecule has 0 spiro atoms. The number of thiophene rings is 1. The van der Waals surface area contributed by atoms with Gasteiger partial charge in [-0.2, -0.15) is 5.10 Å². The summed E-state index contributed by atoms with van der Waals surface area (Å²) in [6, 6.07) is 14.1. The van der Waals surface area contributed by atoms with Gasteiger partial charge in [0.15, 0.2) is 5.82 Å². The number of nitrogens with zero attached hydrogens (tertiary/aromatic N) is 2. The van der Waals surface area contributed by atoms with Crippen molar-refractivity contribution in [3.63, 3.8) is 0 Å². The van der Waals surface area contributed by atoms with Crippen molar-refractivity contribution in [1.82, 2.24) is 15.2 Å². The molecule has 1 N–H and O–H groups in total. The molecule has 0 saturated heterocycles. The number of aromatic amines is 1. The minimum Gasteiger partial charge on any atom is -0.290 e. The van der Waals surface area contributed by atoms with Crippen molar-refractivity contribution in [2.75, 3.05) is 0 Å². The number of fused-ring (bicyclic) bond motifs is 1. The van der Waals surface area contributed by atoms with E-state index in [0.717, 1.165) is 26.1 Å². The van der Waals surface area contributed by atoms with Gasteiger partial charge in [0, 0.05) is 22.4 Å². The third kappa shape index (κ3) is 3.54. The molecule has 4 rings (SSSR count). The zero-order valence-corrected chi connectivity index (χ0v) is 14.9. The molecule has 0 bridgehead atoms. The lowest BCUT2D eigenvalue weighted by Gasteiger charge is -2.04. The molecule has 2 aromatic heterocycles. The Morgan fingerprint density at radius 3 is 2.59 bits per heavy atom. The van der Waals surface area contributed by atoms with Crippen LogP contribution in [0, 0.1) is 5.82 Å². The Kier molecular flexibility index (Phi) is 4.60. The number of Topliss-reactive ketones (excluding diaryl/α,β-unsaturated/α-hetero) is 2. The molecule has 134 valence electrons. The van der Waals surface area contributed by atoms with Crippen LogP contribution in [0.4, 0.5) is 4.39 Å². The number of hydrogen-bond donors (Lipinski definition) is 1. The van der Waals surface area contributed by atoms with Crippen LogP contribution in [0.2, 0.25) is 0 Å². The molecule has 0 radical (unpaired) electrons. The predicted octanol–water partition coefficient (Wildman–Crippen LogP) is 3.74. The number of hydrogen-bond acceptors (Lipinski definition) is 5. The van der Waals surface area contributed by atoms with E-state index in [-0.39, 0.29) is 18.1 Å². The normalized spacial score (nSPS) is 11.0. The fourth-order valence-electron chi connectivity index (χ4n) is 2.96. The van der Waals surface area contributed by atoms with Crippen molar-refractivity contribution in [1.29, 1.82) is 0 Å².